The molecule has 0 aromatic rings. The van der Waals surface area contributed by atoms with Crippen LogP contribution in [0.25, 0.3) is 0 Å². The second-order valence-electron chi connectivity index (χ2n) is 7.32. The van der Waals surface area contributed by atoms with E-state index >= 15 is 0 Å². The first-order valence-electron chi connectivity index (χ1n) is 7.26. The van der Waals surface area contributed by atoms with Gasteiger partial charge in [0.15, 0.2) is 0 Å². The van der Waals surface area contributed by atoms with Crippen LogP contribution >= 0.6 is 0 Å². The van der Waals surface area contributed by atoms with Crippen molar-refractivity contribution in [3.63, 3.8) is 0 Å². The van der Waals surface area contributed by atoms with Crippen molar-refractivity contribution in [2.45, 2.75) is 57.7 Å². The average Bonchev–Trinajstić information content (AvgIpc) is 3.08. The molecule has 1 aliphatic heterocycles. The van der Waals surface area contributed by atoms with Crippen LogP contribution in [0, 0.1) is 16.7 Å². The fourth-order valence-corrected chi connectivity index (χ4v) is 5.05. The Kier molecular flexibility index (Phi) is 2.82. The highest BCUT2D eigenvalue weighted by Gasteiger charge is 2.61. The summed E-state index contributed by atoms with van der Waals surface area (Å²) in [5.41, 5.74) is 0.445. The molecule has 0 bridgehead atoms. The zero-order chi connectivity index (χ0) is 13.0. The summed E-state index contributed by atoms with van der Waals surface area (Å²) >= 11 is 0. The molecule has 2 saturated carbocycles. The second kappa shape index (κ2) is 3.94. The molecule has 3 rings (SSSR count). The molecule has 0 amide bonds. The molecule has 2 unspecified atom stereocenters. The zero-order valence-electron chi connectivity index (χ0n) is 11.9. The molecule has 0 aromatic carbocycles. The van der Waals surface area contributed by atoms with Gasteiger partial charge < -0.3 is 14.6 Å². The minimum absolute atomic E-state index is 0.0851. The number of rotatable bonds is 2. The molecule has 3 fully saturated rings. The van der Waals surface area contributed by atoms with Crippen molar-refractivity contribution >= 4 is 0 Å². The highest BCUT2D eigenvalue weighted by molar-refractivity contribution is 5.11. The molecule has 0 aromatic heterocycles. The third-order valence-electron chi connectivity index (χ3n) is 6.14. The van der Waals surface area contributed by atoms with Crippen LogP contribution in [0.4, 0.5) is 0 Å². The van der Waals surface area contributed by atoms with Crippen LogP contribution < -0.4 is 0 Å². The van der Waals surface area contributed by atoms with Gasteiger partial charge in [0.1, 0.15) is 0 Å². The summed E-state index contributed by atoms with van der Waals surface area (Å²) in [6.07, 6.45) is 5.99. The molecule has 0 radical (unpaired) electrons. The minimum atomic E-state index is -0.0851. The first kappa shape index (κ1) is 12.9. The summed E-state index contributed by atoms with van der Waals surface area (Å²) in [5, 5.41) is 9.94. The van der Waals surface area contributed by atoms with E-state index in [1.54, 1.807) is 7.11 Å². The Bertz CT molecular complexity index is 339. The maximum absolute atomic E-state index is 9.94. The topological polar surface area (TPSA) is 42.0 Å². The van der Waals surface area contributed by atoms with E-state index in [0.717, 1.165) is 13.0 Å². The Morgan fingerprint density at radius 3 is 2.56 bits per heavy atom. The third-order valence-corrected chi connectivity index (χ3v) is 6.14. The van der Waals surface area contributed by atoms with Crippen molar-refractivity contribution in [3.05, 3.63) is 0 Å². The molecule has 18 heavy (non-hydrogen) atoms. The summed E-state index contributed by atoms with van der Waals surface area (Å²) in [6, 6.07) is 0. The summed E-state index contributed by atoms with van der Waals surface area (Å²) in [5.74, 6) is 0.559. The molecule has 2 aliphatic carbocycles. The van der Waals surface area contributed by atoms with Gasteiger partial charge >= 0.3 is 0 Å². The van der Waals surface area contributed by atoms with E-state index in [4.69, 9.17) is 9.47 Å². The van der Waals surface area contributed by atoms with Crippen molar-refractivity contribution in [3.8, 4) is 0 Å². The number of hydrogen-bond acceptors (Lipinski definition) is 3. The first-order valence-corrected chi connectivity index (χ1v) is 7.26. The highest BCUT2D eigenvalue weighted by atomic mass is 16.6. The second-order valence-corrected chi connectivity index (χ2v) is 7.32. The van der Waals surface area contributed by atoms with Crippen LogP contribution in [0.2, 0.25) is 0 Å². The van der Waals surface area contributed by atoms with Gasteiger partial charge in [-0.15, -0.1) is 0 Å². The Labute approximate surface area is 110 Å². The van der Waals surface area contributed by atoms with Gasteiger partial charge in [0.05, 0.1) is 24.9 Å². The van der Waals surface area contributed by atoms with Gasteiger partial charge in [-0.25, -0.2) is 0 Å². The quantitative estimate of drug-likeness (QED) is 0.769. The largest absolute Gasteiger partial charge is 0.396 e. The maximum Gasteiger partial charge on any atom is 0.0922 e. The standard InChI is InChI=1S/C15H26O3/c1-13-6-5-12(17-3)14(2,9-16)11(13)4-7-15(8-13)10-18-15/h11-12,16H,4-10H2,1-3H3/t11?,12-,13+,14+,15?/m1/s1. The minimum Gasteiger partial charge on any atom is -0.396 e. The van der Waals surface area contributed by atoms with Crippen LogP contribution in [0.1, 0.15) is 46.0 Å². The molecule has 3 aliphatic rings. The van der Waals surface area contributed by atoms with E-state index < -0.39 is 0 Å². The van der Waals surface area contributed by atoms with E-state index in [9.17, 15) is 5.11 Å². The van der Waals surface area contributed by atoms with Crippen LogP contribution in [0.15, 0.2) is 0 Å². The van der Waals surface area contributed by atoms with Gasteiger partial charge in [0.2, 0.25) is 0 Å². The fourth-order valence-electron chi connectivity index (χ4n) is 5.05. The zero-order valence-corrected chi connectivity index (χ0v) is 11.9. The van der Waals surface area contributed by atoms with Gasteiger partial charge in [-0.3, -0.25) is 0 Å². The molecular formula is C15H26O3. The Morgan fingerprint density at radius 1 is 1.28 bits per heavy atom. The molecule has 1 spiro atoms. The van der Waals surface area contributed by atoms with E-state index in [1.165, 1.54) is 25.7 Å². The molecule has 1 heterocycles. The van der Waals surface area contributed by atoms with Crippen molar-refractivity contribution in [1.29, 1.82) is 0 Å². The van der Waals surface area contributed by atoms with Gasteiger partial charge in [-0.1, -0.05) is 13.8 Å². The van der Waals surface area contributed by atoms with Crippen LogP contribution in [-0.2, 0) is 9.47 Å². The van der Waals surface area contributed by atoms with E-state index in [2.05, 4.69) is 13.8 Å². The number of hydrogen-bond donors (Lipinski definition) is 1. The summed E-state index contributed by atoms with van der Waals surface area (Å²) < 4.78 is 11.4. The third kappa shape index (κ3) is 1.67. The maximum atomic E-state index is 9.94. The summed E-state index contributed by atoms with van der Waals surface area (Å²) in [7, 11) is 1.79. The van der Waals surface area contributed by atoms with Gasteiger partial charge in [0, 0.05) is 12.5 Å². The van der Waals surface area contributed by atoms with E-state index in [-0.39, 0.29) is 23.7 Å². The van der Waals surface area contributed by atoms with Crippen molar-refractivity contribution < 1.29 is 14.6 Å². The lowest BCUT2D eigenvalue weighted by Crippen LogP contribution is -2.57. The molecule has 1 saturated heterocycles. The summed E-state index contributed by atoms with van der Waals surface area (Å²) in [4.78, 5) is 0. The van der Waals surface area contributed by atoms with Crippen molar-refractivity contribution in [2.24, 2.45) is 16.7 Å². The van der Waals surface area contributed by atoms with Crippen LogP contribution in [-0.4, -0.2) is 37.1 Å². The predicted molar refractivity (Wildman–Crippen MR) is 69.4 cm³/mol. The number of aliphatic hydroxyl groups excluding tert-OH is 1. The molecule has 1 N–H and O–H groups in total. The molecule has 3 nitrogen and oxygen atoms in total. The van der Waals surface area contributed by atoms with Crippen LogP contribution in [0.3, 0.4) is 0 Å². The monoisotopic (exact) mass is 254 g/mol. The number of aliphatic hydroxyl groups is 1. The lowest BCUT2D eigenvalue weighted by molar-refractivity contribution is -0.162. The van der Waals surface area contributed by atoms with Gasteiger partial charge in [-0.05, 0) is 43.4 Å². The lowest BCUT2D eigenvalue weighted by Gasteiger charge is -2.58. The highest BCUT2D eigenvalue weighted by Crippen LogP contribution is 2.62. The molecule has 3 heteroatoms. The summed E-state index contributed by atoms with van der Waals surface area (Å²) in [6.45, 7) is 5.81. The smallest absolute Gasteiger partial charge is 0.0922 e. The number of ether oxygens (including phenoxy) is 2. The number of epoxide rings is 1. The van der Waals surface area contributed by atoms with E-state index in [0.29, 0.717) is 11.3 Å². The van der Waals surface area contributed by atoms with Gasteiger partial charge in [-0.2, -0.15) is 0 Å². The van der Waals surface area contributed by atoms with E-state index in [1.807, 2.05) is 0 Å². The average molecular weight is 254 g/mol. The Balaban J connectivity index is 1.89. The number of methoxy groups -OCH3 is 1. The number of fused-ring (bicyclic) bond motifs is 1. The SMILES string of the molecule is CO[C@@H]1CC[C@@]2(C)CC3(CCC2[C@]1(C)CO)CO3. The molecular weight excluding hydrogens is 228 g/mol. The normalized spacial score (nSPS) is 55.3. The molecule has 104 valence electrons. The lowest BCUT2D eigenvalue weighted by atomic mass is 9.49. The fraction of sp³-hybridized carbons (Fsp3) is 1.00. The van der Waals surface area contributed by atoms with Gasteiger partial charge in [0.25, 0.3) is 0 Å². The Hall–Kier alpha value is -0.120. The van der Waals surface area contributed by atoms with Crippen molar-refractivity contribution in [2.75, 3.05) is 20.3 Å². The van der Waals surface area contributed by atoms with Crippen molar-refractivity contribution in [1.82, 2.24) is 0 Å². The predicted octanol–water partition coefficient (Wildman–Crippen LogP) is 2.37. The first-order chi connectivity index (χ1) is 8.48. The molecule has 5 atom stereocenters. The van der Waals surface area contributed by atoms with Crippen LogP contribution in [0.5, 0.6) is 0 Å². The Morgan fingerprint density at radius 2 is 2.00 bits per heavy atom.